The normalized spacial score (nSPS) is 29.7. The van der Waals surface area contributed by atoms with Crippen LogP contribution in [0.1, 0.15) is 40.5 Å². The van der Waals surface area contributed by atoms with E-state index in [9.17, 15) is 4.79 Å². The largest absolute Gasteiger partial charge is 0.464 e. The van der Waals surface area contributed by atoms with Gasteiger partial charge in [0.05, 0.1) is 12.7 Å². The average Bonchev–Trinajstić information content (AvgIpc) is 2.86. The highest BCUT2D eigenvalue weighted by atomic mass is 28.4. The number of hydrogen-bond donors (Lipinski definition) is 0. The molecule has 2 atom stereocenters. The molecule has 0 radical (unpaired) electrons. The number of fused-ring (bicyclic) bond motifs is 1. The molecule has 0 aliphatic carbocycles. The van der Waals surface area contributed by atoms with Gasteiger partial charge in [-0.2, -0.15) is 0 Å². The van der Waals surface area contributed by atoms with Crippen LogP contribution in [0.5, 0.6) is 0 Å². The molecule has 126 valence electrons. The van der Waals surface area contributed by atoms with E-state index in [1.54, 1.807) is 0 Å². The Kier molecular flexibility index (Phi) is 4.64. The lowest BCUT2D eigenvalue weighted by Gasteiger charge is -2.38. The highest BCUT2D eigenvalue weighted by molar-refractivity contribution is 6.74. The first-order valence-corrected chi connectivity index (χ1v) is 11.2. The van der Waals surface area contributed by atoms with Crippen molar-refractivity contribution in [3.05, 3.63) is 12.2 Å². The molecule has 22 heavy (non-hydrogen) atoms. The maximum absolute atomic E-state index is 12.6. The lowest BCUT2D eigenvalue weighted by Crippen LogP contribution is -2.48. The molecule has 0 N–H and O–H groups in total. The molecule has 0 bridgehead atoms. The van der Waals surface area contributed by atoms with Crippen molar-refractivity contribution in [1.29, 1.82) is 0 Å². The molecule has 5 heteroatoms. The molecule has 0 aromatic rings. The first kappa shape index (κ1) is 17.7. The van der Waals surface area contributed by atoms with Gasteiger partial charge in [-0.05, 0) is 37.0 Å². The van der Waals surface area contributed by atoms with Gasteiger partial charge in [-0.15, -0.1) is 0 Å². The summed E-state index contributed by atoms with van der Waals surface area (Å²) in [5, 5.41) is 0.175. The van der Waals surface area contributed by atoms with Crippen molar-refractivity contribution in [2.45, 2.75) is 70.3 Å². The third kappa shape index (κ3) is 2.79. The molecule has 2 saturated heterocycles. The maximum atomic E-state index is 12.6. The van der Waals surface area contributed by atoms with Crippen molar-refractivity contribution in [3.8, 4) is 0 Å². The van der Waals surface area contributed by atoms with Crippen LogP contribution in [0, 0.1) is 0 Å². The zero-order chi connectivity index (χ0) is 16.8. The number of nitrogens with zero attached hydrogens (tertiary/aromatic N) is 1. The van der Waals surface area contributed by atoms with Gasteiger partial charge in [-0.1, -0.05) is 27.4 Å². The Morgan fingerprint density at radius 2 is 2.09 bits per heavy atom. The van der Waals surface area contributed by atoms with E-state index >= 15 is 0 Å². The van der Waals surface area contributed by atoms with Crippen LogP contribution in [-0.4, -0.2) is 50.5 Å². The van der Waals surface area contributed by atoms with Crippen LogP contribution in [0.15, 0.2) is 12.2 Å². The molecular weight excluding hydrogens is 294 g/mol. The van der Waals surface area contributed by atoms with E-state index in [1.807, 2.05) is 6.92 Å². The van der Waals surface area contributed by atoms with Crippen molar-refractivity contribution in [1.82, 2.24) is 4.90 Å². The zero-order valence-corrected chi connectivity index (χ0v) is 16.0. The van der Waals surface area contributed by atoms with Gasteiger partial charge >= 0.3 is 5.97 Å². The first-order chi connectivity index (χ1) is 10.0. The fourth-order valence-electron chi connectivity index (χ4n) is 3.33. The van der Waals surface area contributed by atoms with E-state index in [0.717, 1.165) is 25.1 Å². The molecule has 0 amide bonds. The topological polar surface area (TPSA) is 38.8 Å². The second-order valence-corrected chi connectivity index (χ2v) is 12.8. The highest BCUT2D eigenvalue weighted by Gasteiger charge is 2.58. The first-order valence-electron chi connectivity index (χ1n) is 8.33. The summed E-state index contributed by atoms with van der Waals surface area (Å²) < 4.78 is 11.9. The minimum Gasteiger partial charge on any atom is -0.464 e. The lowest BCUT2D eigenvalue weighted by atomic mass is 9.89. The molecule has 0 spiro atoms. The molecule has 2 unspecified atom stereocenters. The zero-order valence-electron chi connectivity index (χ0n) is 15.0. The van der Waals surface area contributed by atoms with Gasteiger partial charge in [0.15, 0.2) is 8.32 Å². The van der Waals surface area contributed by atoms with Crippen LogP contribution in [0.4, 0.5) is 0 Å². The number of esters is 1. The van der Waals surface area contributed by atoms with Crippen LogP contribution in [-0.2, 0) is 14.0 Å². The predicted octanol–water partition coefficient (Wildman–Crippen LogP) is 3.34. The summed E-state index contributed by atoms with van der Waals surface area (Å²) >= 11 is 0. The number of ether oxygens (including phenoxy) is 1. The summed E-state index contributed by atoms with van der Waals surface area (Å²) in [7, 11) is -1.83. The van der Waals surface area contributed by atoms with Crippen LogP contribution < -0.4 is 0 Å². The van der Waals surface area contributed by atoms with Crippen molar-refractivity contribution in [2.24, 2.45) is 0 Å². The second-order valence-electron chi connectivity index (χ2n) is 8.08. The fraction of sp³-hybridized carbons (Fsp3) is 0.824. The summed E-state index contributed by atoms with van der Waals surface area (Å²) in [4.78, 5) is 14.8. The SMILES string of the molecule is C=C1CCN2CC(O[Si](C)(C)C(C)(C)C)CC12C(=O)OCC. The number of carbonyl (C=O) groups excluding carboxylic acids is 1. The van der Waals surface area contributed by atoms with Crippen molar-refractivity contribution in [3.63, 3.8) is 0 Å². The molecule has 2 rings (SSSR count). The number of rotatable bonds is 4. The Bertz CT molecular complexity index is 469. The van der Waals surface area contributed by atoms with E-state index in [0.29, 0.717) is 13.0 Å². The summed E-state index contributed by atoms with van der Waals surface area (Å²) in [5.74, 6) is -0.140. The quantitative estimate of drug-likeness (QED) is 0.451. The van der Waals surface area contributed by atoms with Crippen LogP contribution in [0.25, 0.3) is 0 Å². The third-order valence-electron chi connectivity index (χ3n) is 5.64. The Balaban J connectivity index is 2.18. The van der Waals surface area contributed by atoms with Gasteiger partial charge in [0, 0.05) is 19.5 Å². The molecular formula is C17H31NO3Si. The van der Waals surface area contributed by atoms with Gasteiger partial charge in [0.1, 0.15) is 5.54 Å². The van der Waals surface area contributed by atoms with E-state index < -0.39 is 13.9 Å². The van der Waals surface area contributed by atoms with E-state index in [2.05, 4.69) is 45.3 Å². The molecule has 2 fully saturated rings. The van der Waals surface area contributed by atoms with Gasteiger partial charge in [-0.3, -0.25) is 4.90 Å². The van der Waals surface area contributed by atoms with Crippen molar-refractivity contribution < 1.29 is 14.0 Å². The predicted molar refractivity (Wildman–Crippen MR) is 91.4 cm³/mol. The minimum atomic E-state index is -1.83. The molecule has 2 aliphatic heterocycles. The number of hydrogen-bond acceptors (Lipinski definition) is 4. The van der Waals surface area contributed by atoms with E-state index in [4.69, 9.17) is 9.16 Å². The number of carbonyl (C=O) groups is 1. The van der Waals surface area contributed by atoms with Gasteiger partial charge < -0.3 is 9.16 Å². The average molecular weight is 326 g/mol. The highest BCUT2D eigenvalue weighted by Crippen LogP contribution is 2.46. The smallest absolute Gasteiger partial charge is 0.330 e. The maximum Gasteiger partial charge on any atom is 0.330 e. The van der Waals surface area contributed by atoms with Gasteiger partial charge in [-0.25, -0.2) is 4.79 Å². The molecule has 0 saturated carbocycles. The second kappa shape index (κ2) is 5.76. The van der Waals surface area contributed by atoms with E-state index in [-0.39, 0.29) is 17.1 Å². The summed E-state index contributed by atoms with van der Waals surface area (Å²) in [5.41, 5.74) is 0.357. The third-order valence-corrected chi connectivity index (χ3v) is 10.2. The van der Waals surface area contributed by atoms with Crippen LogP contribution in [0.3, 0.4) is 0 Å². The van der Waals surface area contributed by atoms with Gasteiger partial charge in [0.25, 0.3) is 0 Å². The van der Waals surface area contributed by atoms with Crippen molar-refractivity contribution >= 4 is 14.3 Å². The van der Waals surface area contributed by atoms with Crippen LogP contribution in [0.2, 0.25) is 18.1 Å². The Morgan fingerprint density at radius 1 is 1.45 bits per heavy atom. The molecule has 0 aromatic heterocycles. The Morgan fingerprint density at radius 3 is 2.64 bits per heavy atom. The van der Waals surface area contributed by atoms with Crippen molar-refractivity contribution in [2.75, 3.05) is 19.7 Å². The fourth-order valence-corrected chi connectivity index (χ4v) is 4.68. The van der Waals surface area contributed by atoms with E-state index in [1.165, 1.54) is 0 Å². The monoisotopic (exact) mass is 325 g/mol. The minimum absolute atomic E-state index is 0.0994. The Hall–Kier alpha value is -0.653. The summed E-state index contributed by atoms with van der Waals surface area (Å²) in [6, 6.07) is 0. The molecule has 2 heterocycles. The molecule has 2 aliphatic rings. The summed E-state index contributed by atoms with van der Waals surface area (Å²) in [6.07, 6.45) is 1.67. The van der Waals surface area contributed by atoms with Crippen LogP contribution >= 0.6 is 0 Å². The molecule has 4 nitrogen and oxygen atoms in total. The Labute approximate surface area is 136 Å². The lowest BCUT2D eigenvalue weighted by molar-refractivity contribution is -0.152. The van der Waals surface area contributed by atoms with Gasteiger partial charge in [0.2, 0.25) is 0 Å². The summed E-state index contributed by atoms with van der Waals surface area (Å²) in [6.45, 7) is 19.4. The molecule has 0 aromatic carbocycles. The standard InChI is InChI=1S/C17H31NO3Si/c1-8-20-15(19)17-11-14(12-18(17)10-9-13(17)2)21-22(6,7)16(3,4)5/h14H,2,8-12H2,1,3-7H3.